The highest BCUT2D eigenvalue weighted by Gasteiger charge is 2.18. The van der Waals surface area contributed by atoms with E-state index in [0.29, 0.717) is 17.1 Å². The highest BCUT2D eigenvalue weighted by atomic mass is 16.5. The van der Waals surface area contributed by atoms with Gasteiger partial charge in [0.1, 0.15) is 0 Å². The summed E-state index contributed by atoms with van der Waals surface area (Å²) in [7, 11) is 3.09. The van der Waals surface area contributed by atoms with Gasteiger partial charge in [0.25, 0.3) is 0 Å². The maximum absolute atomic E-state index is 12.2. The largest absolute Gasteiger partial charge is 0.493 e. The molecule has 1 atom stereocenters. The van der Waals surface area contributed by atoms with E-state index in [-0.39, 0.29) is 5.78 Å². The molecule has 0 radical (unpaired) electrons. The van der Waals surface area contributed by atoms with Crippen molar-refractivity contribution < 1.29 is 23.8 Å². The van der Waals surface area contributed by atoms with Gasteiger partial charge in [0.05, 0.1) is 14.2 Å². The third kappa shape index (κ3) is 4.94. The molecule has 0 N–H and O–H groups in total. The first kappa shape index (κ1) is 18.3. The predicted molar refractivity (Wildman–Crippen MR) is 94.9 cm³/mol. The summed E-state index contributed by atoms with van der Waals surface area (Å²) in [4.78, 5) is 24.1. The van der Waals surface area contributed by atoms with Crippen molar-refractivity contribution in [3.05, 3.63) is 65.7 Å². The summed E-state index contributed by atoms with van der Waals surface area (Å²) >= 11 is 0. The van der Waals surface area contributed by atoms with E-state index in [4.69, 9.17) is 14.2 Å². The quantitative estimate of drug-likeness (QED) is 0.438. The van der Waals surface area contributed by atoms with Gasteiger partial charge in [-0.1, -0.05) is 36.4 Å². The number of rotatable bonds is 7. The zero-order valence-corrected chi connectivity index (χ0v) is 14.4. The Hall–Kier alpha value is -3.08. The zero-order valence-electron chi connectivity index (χ0n) is 14.4. The van der Waals surface area contributed by atoms with E-state index in [2.05, 4.69) is 0 Å². The Morgan fingerprint density at radius 1 is 0.960 bits per heavy atom. The first-order chi connectivity index (χ1) is 12.0. The molecule has 0 fully saturated rings. The van der Waals surface area contributed by atoms with Crippen molar-refractivity contribution in [3.63, 3.8) is 0 Å². The number of carbonyl (C=O) groups excluding carboxylic acids is 2. The Kier molecular flexibility index (Phi) is 6.34. The SMILES string of the molecule is COc1ccc(/C=C/C(=O)OC(C)C(=O)c2ccccc2)cc1OC. The van der Waals surface area contributed by atoms with Gasteiger partial charge >= 0.3 is 5.97 Å². The number of Topliss-reactive ketones (excluding diaryl/α,β-unsaturated/α-hetero) is 1. The number of esters is 1. The normalized spacial score (nSPS) is 11.8. The molecule has 0 saturated heterocycles. The molecule has 130 valence electrons. The third-order valence-electron chi connectivity index (χ3n) is 3.54. The maximum Gasteiger partial charge on any atom is 0.331 e. The number of methoxy groups -OCH3 is 2. The van der Waals surface area contributed by atoms with Crippen LogP contribution in [0.3, 0.4) is 0 Å². The maximum atomic E-state index is 12.2. The molecular formula is C20H20O5. The number of benzene rings is 2. The number of ketones is 1. The number of hydrogen-bond donors (Lipinski definition) is 0. The topological polar surface area (TPSA) is 61.8 Å². The molecule has 0 aliphatic rings. The molecule has 5 heteroatoms. The zero-order chi connectivity index (χ0) is 18.2. The lowest BCUT2D eigenvalue weighted by atomic mass is 10.1. The van der Waals surface area contributed by atoms with Crippen molar-refractivity contribution in [1.29, 1.82) is 0 Å². The molecule has 2 aromatic carbocycles. The van der Waals surface area contributed by atoms with Crippen molar-refractivity contribution in [1.82, 2.24) is 0 Å². The lowest BCUT2D eigenvalue weighted by molar-refractivity contribution is -0.140. The molecular weight excluding hydrogens is 320 g/mol. The Morgan fingerprint density at radius 3 is 2.28 bits per heavy atom. The fraction of sp³-hybridized carbons (Fsp3) is 0.200. The van der Waals surface area contributed by atoms with Crippen molar-refractivity contribution in [2.24, 2.45) is 0 Å². The van der Waals surface area contributed by atoms with Gasteiger partial charge in [-0.3, -0.25) is 4.79 Å². The number of carbonyl (C=O) groups is 2. The Balaban J connectivity index is 2.00. The molecule has 0 aromatic heterocycles. The molecule has 1 unspecified atom stereocenters. The summed E-state index contributed by atoms with van der Waals surface area (Å²) in [5.74, 6) is 0.329. The van der Waals surface area contributed by atoms with Crippen LogP contribution in [0.2, 0.25) is 0 Å². The fourth-order valence-corrected chi connectivity index (χ4v) is 2.22. The summed E-state index contributed by atoms with van der Waals surface area (Å²) in [6, 6.07) is 14.0. The molecule has 2 aromatic rings. The summed E-state index contributed by atoms with van der Waals surface area (Å²) in [6.45, 7) is 1.55. The summed E-state index contributed by atoms with van der Waals surface area (Å²) in [6.07, 6.45) is 2.00. The first-order valence-corrected chi connectivity index (χ1v) is 7.75. The first-order valence-electron chi connectivity index (χ1n) is 7.75. The summed E-state index contributed by atoms with van der Waals surface area (Å²) < 4.78 is 15.5. The lowest BCUT2D eigenvalue weighted by Gasteiger charge is -2.10. The molecule has 5 nitrogen and oxygen atoms in total. The average Bonchev–Trinajstić information content (AvgIpc) is 2.66. The molecule has 0 heterocycles. The van der Waals surface area contributed by atoms with Gasteiger partial charge in [0.2, 0.25) is 5.78 Å². The Morgan fingerprint density at radius 2 is 1.64 bits per heavy atom. The van der Waals surface area contributed by atoms with Crippen LogP contribution in [0.25, 0.3) is 6.08 Å². The molecule has 2 rings (SSSR count). The second-order valence-electron chi connectivity index (χ2n) is 5.26. The van der Waals surface area contributed by atoms with E-state index >= 15 is 0 Å². The standard InChI is InChI=1S/C20H20O5/c1-14(20(22)16-7-5-4-6-8-16)25-19(21)12-10-15-9-11-17(23-2)18(13-15)24-3/h4-14H,1-3H3/b12-10+. The van der Waals surface area contributed by atoms with Crippen molar-refractivity contribution >= 4 is 17.8 Å². The van der Waals surface area contributed by atoms with E-state index < -0.39 is 12.1 Å². The Labute approximate surface area is 146 Å². The minimum atomic E-state index is -0.857. The van der Waals surface area contributed by atoms with Crippen LogP contribution >= 0.6 is 0 Å². The van der Waals surface area contributed by atoms with E-state index in [9.17, 15) is 9.59 Å². The van der Waals surface area contributed by atoms with Crippen LogP contribution in [-0.2, 0) is 9.53 Å². The van der Waals surface area contributed by atoms with E-state index in [1.54, 1.807) is 62.6 Å². The van der Waals surface area contributed by atoms with Crippen LogP contribution < -0.4 is 9.47 Å². The van der Waals surface area contributed by atoms with Crippen LogP contribution in [0.5, 0.6) is 11.5 Å². The third-order valence-corrected chi connectivity index (χ3v) is 3.54. The highest BCUT2D eigenvalue weighted by Crippen LogP contribution is 2.27. The smallest absolute Gasteiger partial charge is 0.331 e. The van der Waals surface area contributed by atoms with E-state index in [0.717, 1.165) is 5.56 Å². The van der Waals surface area contributed by atoms with Gasteiger partial charge in [0, 0.05) is 11.6 Å². The Bertz CT molecular complexity index is 765. The van der Waals surface area contributed by atoms with Gasteiger partial charge in [-0.2, -0.15) is 0 Å². The molecule has 0 saturated carbocycles. The molecule has 25 heavy (non-hydrogen) atoms. The van der Waals surface area contributed by atoms with Crippen LogP contribution in [0.15, 0.2) is 54.6 Å². The predicted octanol–water partition coefficient (Wildman–Crippen LogP) is 3.53. The lowest BCUT2D eigenvalue weighted by Crippen LogP contribution is -2.23. The fourth-order valence-electron chi connectivity index (χ4n) is 2.22. The monoisotopic (exact) mass is 340 g/mol. The summed E-state index contributed by atoms with van der Waals surface area (Å²) in [5.41, 5.74) is 1.25. The van der Waals surface area contributed by atoms with Crippen molar-refractivity contribution in [2.45, 2.75) is 13.0 Å². The average molecular weight is 340 g/mol. The molecule has 0 aliphatic carbocycles. The second kappa shape index (κ2) is 8.68. The van der Waals surface area contributed by atoms with Crippen LogP contribution in [0, 0.1) is 0 Å². The van der Waals surface area contributed by atoms with Gasteiger partial charge in [-0.05, 0) is 30.7 Å². The van der Waals surface area contributed by atoms with Gasteiger partial charge < -0.3 is 14.2 Å². The van der Waals surface area contributed by atoms with E-state index in [1.165, 1.54) is 13.2 Å². The van der Waals surface area contributed by atoms with Crippen LogP contribution in [0.4, 0.5) is 0 Å². The highest BCUT2D eigenvalue weighted by molar-refractivity contribution is 6.01. The van der Waals surface area contributed by atoms with Gasteiger partial charge in [0.15, 0.2) is 17.6 Å². The minimum Gasteiger partial charge on any atom is -0.493 e. The van der Waals surface area contributed by atoms with Crippen molar-refractivity contribution in [3.8, 4) is 11.5 Å². The van der Waals surface area contributed by atoms with Crippen molar-refractivity contribution in [2.75, 3.05) is 14.2 Å². The minimum absolute atomic E-state index is 0.242. The molecule has 0 bridgehead atoms. The second-order valence-corrected chi connectivity index (χ2v) is 5.26. The molecule has 0 amide bonds. The number of hydrogen-bond acceptors (Lipinski definition) is 5. The van der Waals surface area contributed by atoms with Gasteiger partial charge in [-0.15, -0.1) is 0 Å². The molecule has 0 spiro atoms. The van der Waals surface area contributed by atoms with Crippen LogP contribution in [-0.4, -0.2) is 32.1 Å². The van der Waals surface area contributed by atoms with Crippen LogP contribution in [0.1, 0.15) is 22.8 Å². The molecule has 0 aliphatic heterocycles. The van der Waals surface area contributed by atoms with Gasteiger partial charge in [-0.25, -0.2) is 4.79 Å². The number of ether oxygens (including phenoxy) is 3. The summed E-state index contributed by atoms with van der Waals surface area (Å²) in [5, 5.41) is 0. The van der Waals surface area contributed by atoms with E-state index in [1.807, 2.05) is 6.07 Å².